The van der Waals surface area contributed by atoms with Crippen molar-refractivity contribution in [3.05, 3.63) is 52.5 Å². The van der Waals surface area contributed by atoms with Gasteiger partial charge in [0.2, 0.25) is 0 Å². The van der Waals surface area contributed by atoms with E-state index in [4.69, 9.17) is 0 Å². The molecule has 0 saturated heterocycles. The molecule has 0 amide bonds. The van der Waals surface area contributed by atoms with E-state index in [0.29, 0.717) is 6.42 Å². The van der Waals surface area contributed by atoms with Crippen molar-refractivity contribution in [3.8, 4) is 0 Å². The van der Waals surface area contributed by atoms with E-state index in [9.17, 15) is 5.11 Å². The highest BCUT2D eigenvalue weighted by molar-refractivity contribution is 7.26. The van der Waals surface area contributed by atoms with E-state index < -0.39 is 6.10 Å². The molecule has 0 fully saturated rings. The molecule has 3 nitrogen and oxygen atoms in total. The number of rotatable bonds is 3. The lowest BCUT2D eigenvalue weighted by Crippen LogP contribution is -2.05. The van der Waals surface area contributed by atoms with E-state index in [-0.39, 0.29) is 0 Å². The van der Waals surface area contributed by atoms with Crippen LogP contribution in [0.3, 0.4) is 0 Å². The van der Waals surface area contributed by atoms with Gasteiger partial charge in [0.15, 0.2) is 0 Å². The van der Waals surface area contributed by atoms with Crippen LogP contribution in [0.2, 0.25) is 0 Å². The second-order valence-corrected chi connectivity index (χ2v) is 7.16. The fraction of sp³-hybridized carbons (Fsp3) is 0.188. The minimum Gasteiger partial charge on any atom is -0.387 e. The van der Waals surface area contributed by atoms with Crippen molar-refractivity contribution < 1.29 is 5.11 Å². The molecule has 0 aliphatic carbocycles. The van der Waals surface area contributed by atoms with Crippen molar-refractivity contribution >= 4 is 43.1 Å². The molecule has 1 N–H and O–H groups in total. The third-order valence-corrected chi connectivity index (χ3v) is 5.94. The molecule has 4 rings (SSSR count). The van der Waals surface area contributed by atoms with Gasteiger partial charge in [0.1, 0.15) is 5.82 Å². The first kappa shape index (κ1) is 13.0. The van der Waals surface area contributed by atoms with Crippen LogP contribution < -0.4 is 0 Å². The average molecular weight is 314 g/mol. The molecule has 0 radical (unpaired) electrons. The van der Waals surface area contributed by atoms with Gasteiger partial charge in [0.25, 0.3) is 0 Å². The Hall–Kier alpha value is -1.69. The normalized spacial score (nSPS) is 13.2. The van der Waals surface area contributed by atoms with Crippen molar-refractivity contribution in [2.45, 2.75) is 12.5 Å². The van der Waals surface area contributed by atoms with Crippen LogP contribution in [0.15, 0.2) is 41.8 Å². The van der Waals surface area contributed by atoms with Crippen LogP contribution in [0.4, 0.5) is 0 Å². The van der Waals surface area contributed by atoms with E-state index >= 15 is 0 Å². The molecule has 1 aromatic carbocycles. The second kappa shape index (κ2) is 4.94. The first-order valence-corrected chi connectivity index (χ1v) is 8.47. The highest BCUT2D eigenvalue weighted by Gasteiger charge is 2.16. The molecule has 0 bridgehead atoms. The maximum absolute atomic E-state index is 10.5. The Balaban J connectivity index is 1.67. The molecule has 21 heavy (non-hydrogen) atoms. The van der Waals surface area contributed by atoms with Crippen LogP contribution in [0.5, 0.6) is 0 Å². The van der Waals surface area contributed by atoms with Gasteiger partial charge in [0.05, 0.1) is 17.1 Å². The molecule has 4 aromatic rings. The molecule has 3 heterocycles. The molecular formula is C16H14N2OS2. The van der Waals surface area contributed by atoms with Crippen LogP contribution in [0.1, 0.15) is 16.8 Å². The van der Waals surface area contributed by atoms with Crippen LogP contribution in [0.25, 0.3) is 20.4 Å². The lowest BCUT2D eigenvalue weighted by Gasteiger charge is -2.08. The SMILES string of the molecule is Cn1c(CC(O)c2cc3sccc3s2)nc2ccccc21. The van der Waals surface area contributed by atoms with Gasteiger partial charge >= 0.3 is 0 Å². The number of aryl methyl sites for hydroxylation is 1. The zero-order valence-corrected chi connectivity index (χ0v) is 13.1. The number of imidazole rings is 1. The zero-order valence-electron chi connectivity index (χ0n) is 11.5. The lowest BCUT2D eigenvalue weighted by atomic mass is 10.2. The number of fused-ring (bicyclic) bond motifs is 2. The monoisotopic (exact) mass is 314 g/mol. The predicted octanol–water partition coefficient (Wildman–Crippen LogP) is 4.13. The number of aromatic nitrogens is 2. The molecule has 0 spiro atoms. The van der Waals surface area contributed by atoms with Gasteiger partial charge in [-0.1, -0.05) is 12.1 Å². The topological polar surface area (TPSA) is 38.0 Å². The van der Waals surface area contributed by atoms with Crippen molar-refractivity contribution in [2.24, 2.45) is 7.05 Å². The van der Waals surface area contributed by atoms with Gasteiger partial charge in [-0.3, -0.25) is 0 Å². The van der Waals surface area contributed by atoms with Crippen LogP contribution in [0, 0.1) is 0 Å². The number of para-hydroxylation sites is 2. The van der Waals surface area contributed by atoms with Gasteiger partial charge in [-0.15, -0.1) is 22.7 Å². The molecule has 0 aliphatic rings. The minimum absolute atomic E-state index is 0.495. The minimum atomic E-state index is -0.495. The predicted molar refractivity (Wildman–Crippen MR) is 89.1 cm³/mol. The number of hydrogen-bond acceptors (Lipinski definition) is 4. The molecule has 0 aliphatic heterocycles. The first-order valence-electron chi connectivity index (χ1n) is 6.78. The van der Waals surface area contributed by atoms with Gasteiger partial charge in [-0.25, -0.2) is 4.98 Å². The van der Waals surface area contributed by atoms with Crippen LogP contribution in [-0.4, -0.2) is 14.7 Å². The van der Waals surface area contributed by atoms with Crippen LogP contribution in [-0.2, 0) is 13.5 Å². The van der Waals surface area contributed by atoms with Gasteiger partial charge in [0, 0.05) is 27.7 Å². The van der Waals surface area contributed by atoms with E-state index in [1.54, 1.807) is 22.7 Å². The van der Waals surface area contributed by atoms with E-state index in [1.807, 2.05) is 25.2 Å². The number of aliphatic hydroxyl groups is 1. The van der Waals surface area contributed by atoms with Gasteiger partial charge in [-0.2, -0.15) is 0 Å². The van der Waals surface area contributed by atoms with Crippen LogP contribution >= 0.6 is 22.7 Å². The summed E-state index contributed by atoms with van der Waals surface area (Å²) in [4.78, 5) is 5.65. The maximum Gasteiger partial charge on any atom is 0.112 e. The summed E-state index contributed by atoms with van der Waals surface area (Å²) in [6.07, 6.45) is 0.0454. The highest BCUT2D eigenvalue weighted by Crippen LogP contribution is 2.34. The Labute approximate surface area is 130 Å². The number of nitrogens with zero attached hydrogens (tertiary/aromatic N) is 2. The van der Waals surface area contributed by atoms with Crippen molar-refractivity contribution in [1.29, 1.82) is 0 Å². The second-order valence-electron chi connectivity index (χ2n) is 5.09. The third-order valence-electron chi connectivity index (χ3n) is 3.74. The summed E-state index contributed by atoms with van der Waals surface area (Å²) < 4.78 is 4.56. The fourth-order valence-electron chi connectivity index (χ4n) is 2.60. The smallest absolute Gasteiger partial charge is 0.112 e. The Kier molecular flexibility index (Phi) is 3.06. The first-order chi connectivity index (χ1) is 10.2. The van der Waals surface area contributed by atoms with Gasteiger partial charge < -0.3 is 9.67 Å². The Bertz CT molecular complexity index is 890. The standard InChI is InChI=1S/C16H14N2OS2/c1-18-11-5-3-2-4-10(11)17-16(18)8-12(19)14-9-15-13(21-14)6-7-20-15/h2-7,9,12,19H,8H2,1H3. The van der Waals surface area contributed by atoms with E-state index in [2.05, 4.69) is 33.1 Å². The highest BCUT2D eigenvalue weighted by atomic mass is 32.1. The van der Waals surface area contributed by atoms with Gasteiger partial charge in [-0.05, 0) is 29.6 Å². The molecular weight excluding hydrogens is 300 g/mol. The number of thiophene rings is 2. The molecule has 1 atom stereocenters. The van der Waals surface area contributed by atoms with E-state index in [1.165, 1.54) is 9.40 Å². The molecule has 5 heteroatoms. The zero-order chi connectivity index (χ0) is 14.4. The largest absolute Gasteiger partial charge is 0.387 e. The summed E-state index contributed by atoms with van der Waals surface area (Å²) in [7, 11) is 2.00. The molecule has 1 unspecified atom stereocenters. The summed E-state index contributed by atoms with van der Waals surface area (Å²) in [6.45, 7) is 0. The van der Waals surface area contributed by atoms with Crippen molar-refractivity contribution in [1.82, 2.24) is 9.55 Å². The Morgan fingerprint density at radius 1 is 1.24 bits per heavy atom. The maximum atomic E-state index is 10.5. The van der Waals surface area contributed by atoms with Crippen molar-refractivity contribution in [3.63, 3.8) is 0 Å². The Morgan fingerprint density at radius 2 is 2.10 bits per heavy atom. The quantitative estimate of drug-likeness (QED) is 0.617. The summed E-state index contributed by atoms with van der Waals surface area (Å²) in [5, 5.41) is 12.6. The van der Waals surface area contributed by atoms with E-state index in [0.717, 1.165) is 21.7 Å². The number of hydrogen-bond donors (Lipinski definition) is 1. The summed E-state index contributed by atoms with van der Waals surface area (Å²) in [5.74, 6) is 0.917. The van der Waals surface area contributed by atoms with Crippen molar-refractivity contribution in [2.75, 3.05) is 0 Å². The average Bonchev–Trinajstić information content (AvgIpc) is 3.13. The number of aliphatic hydroxyl groups excluding tert-OH is 1. The summed E-state index contributed by atoms with van der Waals surface area (Å²) in [6, 6.07) is 12.3. The molecule has 3 aromatic heterocycles. The molecule has 0 saturated carbocycles. The summed E-state index contributed by atoms with van der Waals surface area (Å²) >= 11 is 3.38. The number of benzene rings is 1. The molecule has 106 valence electrons. The lowest BCUT2D eigenvalue weighted by molar-refractivity contribution is 0.179. The fourth-order valence-corrected chi connectivity index (χ4v) is 4.71. The third kappa shape index (κ3) is 2.18. The Morgan fingerprint density at radius 3 is 2.90 bits per heavy atom. The summed E-state index contributed by atoms with van der Waals surface area (Å²) in [5.41, 5.74) is 2.08.